The molecule has 0 N–H and O–H groups in total. The molecule has 0 saturated carbocycles. The topological polar surface area (TPSA) is 56.0 Å². The molecule has 31 heavy (non-hydrogen) atoms. The Kier molecular flexibility index (Phi) is 6.18. The first-order valence-electron chi connectivity index (χ1n) is 10.1. The predicted octanol–water partition coefficient (Wildman–Crippen LogP) is 4.67. The van der Waals surface area contributed by atoms with E-state index in [0.717, 1.165) is 22.4 Å². The lowest BCUT2D eigenvalue weighted by molar-refractivity contribution is -0.133. The molecule has 2 aromatic carbocycles. The normalized spacial score (nSPS) is 12.0. The number of halogens is 1. The summed E-state index contributed by atoms with van der Waals surface area (Å²) in [6, 6.07) is 19.2. The Morgan fingerprint density at radius 2 is 1.81 bits per heavy atom. The molecular weight excluding hydrogens is 410 g/mol. The summed E-state index contributed by atoms with van der Waals surface area (Å²) in [6.07, 6.45) is 5.47. The molecule has 4 rings (SSSR count). The minimum Gasteiger partial charge on any atom is -0.339 e. The molecule has 1 amide bonds. The van der Waals surface area contributed by atoms with E-state index in [-0.39, 0.29) is 11.9 Å². The molecule has 2 heterocycles. The minimum atomic E-state index is -0.377. The molecule has 0 aliphatic heterocycles. The van der Waals surface area contributed by atoms with Crippen molar-refractivity contribution in [1.29, 1.82) is 0 Å². The van der Waals surface area contributed by atoms with Crippen molar-refractivity contribution in [3.63, 3.8) is 0 Å². The number of benzene rings is 2. The highest BCUT2D eigenvalue weighted by Gasteiger charge is 2.22. The second-order valence-corrected chi connectivity index (χ2v) is 7.92. The van der Waals surface area contributed by atoms with Gasteiger partial charge in [-0.2, -0.15) is 10.2 Å². The van der Waals surface area contributed by atoms with Crippen LogP contribution in [0.5, 0.6) is 0 Å². The third kappa shape index (κ3) is 4.70. The van der Waals surface area contributed by atoms with Crippen molar-refractivity contribution in [2.24, 2.45) is 0 Å². The highest BCUT2D eigenvalue weighted by molar-refractivity contribution is 6.31. The summed E-state index contributed by atoms with van der Waals surface area (Å²) in [7, 11) is 1.81. The Labute approximate surface area is 186 Å². The number of aromatic nitrogens is 4. The van der Waals surface area contributed by atoms with Crippen molar-refractivity contribution in [3.8, 4) is 11.3 Å². The van der Waals surface area contributed by atoms with Crippen LogP contribution in [0.1, 0.15) is 24.1 Å². The minimum absolute atomic E-state index is 0.0124. The van der Waals surface area contributed by atoms with Gasteiger partial charge in [0.15, 0.2) is 0 Å². The molecule has 0 aliphatic carbocycles. The first-order valence-corrected chi connectivity index (χ1v) is 10.5. The molecule has 0 fully saturated rings. The molecule has 2 aromatic heterocycles. The zero-order valence-corrected chi connectivity index (χ0v) is 18.3. The molecular formula is C24H24ClN5O. The Balaban J connectivity index is 1.61. The van der Waals surface area contributed by atoms with Gasteiger partial charge in [0.1, 0.15) is 6.04 Å². The summed E-state index contributed by atoms with van der Waals surface area (Å²) in [4.78, 5) is 14.7. The predicted molar refractivity (Wildman–Crippen MR) is 122 cm³/mol. The lowest BCUT2D eigenvalue weighted by Crippen LogP contribution is -2.33. The smallest absolute Gasteiger partial charge is 0.247 e. The van der Waals surface area contributed by atoms with E-state index in [1.54, 1.807) is 22.0 Å². The van der Waals surface area contributed by atoms with Crippen LogP contribution in [0.25, 0.3) is 11.3 Å². The van der Waals surface area contributed by atoms with Crippen molar-refractivity contribution >= 4 is 17.5 Å². The van der Waals surface area contributed by atoms with Crippen molar-refractivity contribution < 1.29 is 4.79 Å². The lowest BCUT2D eigenvalue weighted by Gasteiger charge is -2.21. The van der Waals surface area contributed by atoms with E-state index in [9.17, 15) is 4.79 Å². The molecule has 1 atom stereocenters. The zero-order chi connectivity index (χ0) is 21.8. The van der Waals surface area contributed by atoms with Gasteiger partial charge in [-0.15, -0.1) is 0 Å². The lowest BCUT2D eigenvalue weighted by atomic mass is 10.1. The van der Waals surface area contributed by atoms with Gasteiger partial charge in [-0.05, 0) is 24.6 Å². The number of nitrogens with zero attached hydrogens (tertiary/aromatic N) is 5. The number of likely N-dealkylation sites (N-methyl/N-ethyl adjacent to an activating group) is 1. The summed E-state index contributed by atoms with van der Waals surface area (Å²) in [5.74, 6) is -0.0124. The molecule has 1 unspecified atom stereocenters. The standard InChI is InChI=1S/C24H24ClN5O/c1-18(30-14-8-13-26-30)24(31)28(2)15-21-17-29(16-20-11-6-7-12-22(20)25)27-23(21)19-9-4-3-5-10-19/h3-14,17-18H,15-16H2,1-2H3. The van der Waals surface area contributed by atoms with E-state index in [4.69, 9.17) is 16.7 Å². The van der Waals surface area contributed by atoms with E-state index >= 15 is 0 Å². The van der Waals surface area contributed by atoms with Gasteiger partial charge in [0.2, 0.25) is 5.91 Å². The fraction of sp³-hybridized carbons (Fsp3) is 0.208. The van der Waals surface area contributed by atoms with Crippen LogP contribution in [-0.2, 0) is 17.9 Å². The number of rotatable bonds is 7. The van der Waals surface area contributed by atoms with Crippen molar-refractivity contribution in [2.75, 3.05) is 7.05 Å². The van der Waals surface area contributed by atoms with Crippen LogP contribution >= 0.6 is 11.6 Å². The highest BCUT2D eigenvalue weighted by atomic mass is 35.5. The van der Waals surface area contributed by atoms with Crippen LogP contribution in [0.3, 0.4) is 0 Å². The number of carbonyl (C=O) groups excluding carboxylic acids is 1. The van der Waals surface area contributed by atoms with Gasteiger partial charge in [-0.25, -0.2) is 0 Å². The van der Waals surface area contributed by atoms with E-state index in [1.807, 2.05) is 85.5 Å². The SMILES string of the molecule is CC(C(=O)N(C)Cc1cn(Cc2ccccc2Cl)nc1-c1ccccc1)n1cccn1. The van der Waals surface area contributed by atoms with Gasteiger partial charge >= 0.3 is 0 Å². The van der Waals surface area contributed by atoms with Crippen LogP contribution < -0.4 is 0 Å². The van der Waals surface area contributed by atoms with Gasteiger partial charge in [0.25, 0.3) is 0 Å². The van der Waals surface area contributed by atoms with Gasteiger partial charge in [-0.3, -0.25) is 14.2 Å². The molecule has 7 heteroatoms. The van der Waals surface area contributed by atoms with Crippen LogP contribution in [0.2, 0.25) is 5.02 Å². The van der Waals surface area contributed by atoms with Crippen LogP contribution in [-0.4, -0.2) is 37.4 Å². The molecule has 6 nitrogen and oxygen atoms in total. The number of amides is 1. The maximum atomic E-state index is 13.0. The first-order chi connectivity index (χ1) is 15.0. The van der Waals surface area contributed by atoms with Gasteiger partial charge < -0.3 is 4.90 Å². The summed E-state index contributed by atoms with van der Waals surface area (Å²) in [6.45, 7) is 2.85. The number of hydrogen-bond acceptors (Lipinski definition) is 3. The van der Waals surface area contributed by atoms with Crippen LogP contribution in [0.4, 0.5) is 0 Å². The third-order valence-corrected chi connectivity index (χ3v) is 5.61. The van der Waals surface area contributed by atoms with Gasteiger partial charge in [0.05, 0.1) is 12.2 Å². The fourth-order valence-corrected chi connectivity index (χ4v) is 3.77. The summed E-state index contributed by atoms with van der Waals surface area (Å²) < 4.78 is 3.55. The monoisotopic (exact) mass is 433 g/mol. The maximum Gasteiger partial charge on any atom is 0.247 e. The average molecular weight is 434 g/mol. The Bertz CT molecular complexity index is 1150. The molecule has 0 spiro atoms. The fourth-order valence-electron chi connectivity index (χ4n) is 3.57. The number of carbonyl (C=O) groups is 1. The maximum absolute atomic E-state index is 13.0. The summed E-state index contributed by atoms with van der Waals surface area (Å²) in [5.41, 5.74) is 3.84. The molecule has 0 saturated heterocycles. The Morgan fingerprint density at radius 1 is 1.06 bits per heavy atom. The van der Waals surface area contributed by atoms with Crippen molar-refractivity contribution in [3.05, 3.63) is 95.4 Å². The molecule has 0 aliphatic rings. The van der Waals surface area contributed by atoms with Gasteiger partial charge in [0, 0.05) is 48.3 Å². The van der Waals surface area contributed by atoms with E-state index < -0.39 is 0 Å². The summed E-state index contributed by atoms with van der Waals surface area (Å²) >= 11 is 6.35. The zero-order valence-electron chi connectivity index (χ0n) is 17.5. The Hall–Kier alpha value is -3.38. The van der Waals surface area contributed by atoms with Crippen molar-refractivity contribution in [1.82, 2.24) is 24.5 Å². The molecule has 0 bridgehead atoms. The largest absolute Gasteiger partial charge is 0.339 e. The average Bonchev–Trinajstić information content (AvgIpc) is 3.45. The van der Waals surface area contributed by atoms with E-state index in [1.165, 1.54) is 0 Å². The van der Waals surface area contributed by atoms with Crippen LogP contribution in [0.15, 0.2) is 79.3 Å². The quantitative estimate of drug-likeness (QED) is 0.425. The first kappa shape index (κ1) is 20.9. The third-order valence-electron chi connectivity index (χ3n) is 5.24. The molecule has 158 valence electrons. The van der Waals surface area contributed by atoms with Crippen molar-refractivity contribution in [2.45, 2.75) is 26.1 Å². The van der Waals surface area contributed by atoms with E-state index in [0.29, 0.717) is 18.1 Å². The second kappa shape index (κ2) is 9.18. The van der Waals surface area contributed by atoms with Crippen LogP contribution in [0, 0.1) is 0 Å². The molecule has 0 radical (unpaired) electrons. The summed E-state index contributed by atoms with van der Waals surface area (Å²) in [5, 5.41) is 9.73. The highest BCUT2D eigenvalue weighted by Crippen LogP contribution is 2.25. The number of hydrogen-bond donors (Lipinski definition) is 0. The Morgan fingerprint density at radius 3 is 2.52 bits per heavy atom. The van der Waals surface area contributed by atoms with Gasteiger partial charge in [-0.1, -0.05) is 60.1 Å². The molecule has 4 aromatic rings. The second-order valence-electron chi connectivity index (χ2n) is 7.51. The van der Waals surface area contributed by atoms with E-state index in [2.05, 4.69) is 5.10 Å².